The maximum absolute atomic E-state index is 12.4. The fraction of sp³-hybridized carbons (Fsp3) is 0.444. The monoisotopic (exact) mass is 342 g/mol. The summed E-state index contributed by atoms with van der Waals surface area (Å²) in [5.41, 5.74) is 4.72. The van der Waals surface area contributed by atoms with E-state index in [4.69, 9.17) is 9.26 Å². The predicted octanol–water partition coefficient (Wildman–Crippen LogP) is 1.08. The molecule has 25 heavy (non-hydrogen) atoms. The molecule has 3 heterocycles. The Kier molecular flexibility index (Phi) is 4.29. The molecular formula is C18H22N4O3. The highest BCUT2D eigenvalue weighted by molar-refractivity contribution is 5.92. The smallest absolute Gasteiger partial charge is 0.273 e. The van der Waals surface area contributed by atoms with Gasteiger partial charge < -0.3 is 14.6 Å². The summed E-state index contributed by atoms with van der Waals surface area (Å²) in [6.07, 6.45) is 0. The first kappa shape index (κ1) is 16.3. The molecular weight excluding hydrogens is 320 g/mol. The number of hydrazine groups is 1. The van der Waals surface area contributed by atoms with Crippen LogP contribution in [0.5, 0.6) is 0 Å². The van der Waals surface area contributed by atoms with Crippen molar-refractivity contribution >= 4 is 5.91 Å². The van der Waals surface area contributed by atoms with Gasteiger partial charge in [-0.05, 0) is 12.5 Å². The van der Waals surface area contributed by atoms with Crippen LogP contribution in [0.25, 0.3) is 0 Å². The molecule has 2 aliphatic rings. The van der Waals surface area contributed by atoms with E-state index in [9.17, 15) is 4.79 Å². The van der Waals surface area contributed by atoms with Crippen LogP contribution in [0, 0.1) is 0 Å². The predicted molar refractivity (Wildman–Crippen MR) is 90.8 cm³/mol. The van der Waals surface area contributed by atoms with Crippen molar-refractivity contribution in [3.8, 4) is 0 Å². The van der Waals surface area contributed by atoms with Gasteiger partial charge in [-0.1, -0.05) is 35.5 Å². The molecule has 132 valence electrons. The van der Waals surface area contributed by atoms with Crippen LogP contribution in [0.4, 0.5) is 0 Å². The number of carbonyl (C=O) groups excluding carboxylic acids is 1. The molecule has 4 rings (SSSR count). The first-order valence-electron chi connectivity index (χ1n) is 8.51. The Bertz CT molecular complexity index is 742. The van der Waals surface area contributed by atoms with Gasteiger partial charge in [-0.2, -0.15) is 0 Å². The fourth-order valence-electron chi connectivity index (χ4n) is 3.13. The number of benzene rings is 1. The van der Waals surface area contributed by atoms with Gasteiger partial charge in [-0.25, -0.2) is 5.01 Å². The van der Waals surface area contributed by atoms with Gasteiger partial charge in [0.05, 0.1) is 24.7 Å². The number of hydrogen-bond acceptors (Lipinski definition) is 6. The maximum Gasteiger partial charge on any atom is 0.273 e. The summed E-state index contributed by atoms with van der Waals surface area (Å²) >= 11 is 0. The van der Waals surface area contributed by atoms with Crippen molar-refractivity contribution in [1.29, 1.82) is 0 Å². The van der Waals surface area contributed by atoms with Crippen molar-refractivity contribution in [2.24, 2.45) is 0 Å². The molecule has 7 nitrogen and oxygen atoms in total. The second kappa shape index (κ2) is 6.59. The van der Waals surface area contributed by atoms with E-state index in [2.05, 4.69) is 33.0 Å². The molecule has 1 aromatic carbocycles. The van der Waals surface area contributed by atoms with Gasteiger partial charge in [-0.3, -0.25) is 10.2 Å². The molecule has 0 bridgehead atoms. The van der Waals surface area contributed by atoms with Crippen molar-refractivity contribution in [2.75, 3.05) is 26.3 Å². The van der Waals surface area contributed by atoms with Gasteiger partial charge >= 0.3 is 0 Å². The number of nitrogens with zero attached hydrogens (tertiary/aromatic N) is 2. The lowest BCUT2D eigenvalue weighted by molar-refractivity contribution is -0.0619. The number of amides is 1. The topological polar surface area (TPSA) is 79.6 Å². The van der Waals surface area contributed by atoms with Gasteiger partial charge in [0.15, 0.2) is 5.69 Å². The molecule has 1 atom stereocenters. The lowest BCUT2D eigenvalue weighted by Gasteiger charge is -2.35. The quantitative estimate of drug-likeness (QED) is 0.847. The summed E-state index contributed by atoms with van der Waals surface area (Å²) < 4.78 is 10.6. The van der Waals surface area contributed by atoms with Crippen molar-refractivity contribution in [1.82, 2.24) is 20.9 Å². The van der Waals surface area contributed by atoms with Crippen LogP contribution < -0.4 is 10.7 Å². The van der Waals surface area contributed by atoms with Crippen molar-refractivity contribution in [3.05, 3.63) is 53.4 Å². The van der Waals surface area contributed by atoms with Gasteiger partial charge in [0.1, 0.15) is 5.76 Å². The highest BCUT2D eigenvalue weighted by atomic mass is 16.5. The van der Waals surface area contributed by atoms with Gasteiger partial charge in [-0.15, -0.1) is 0 Å². The average molecular weight is 342 g/mol. The van der Waals surface area contributed by atoms with Crippen LogP contribution in [-0.4, -0.2) is 48.4 Å². The summed E-state index contributed by atoms with van der Waals surface area (Å²) in [7, 11) is 0. The van der Waals surface area contributed by atoms with Crippen LogP contribution in [-0.2, 0) is 16.7 Å². The number of rotatable bonds is 5. The minimum absolute atomic E-state index is 0.0407. The molecule has 1 unspecified atom stereocenters. The summed E-state index contributed by atoms with van der Waals surface area (Å²) in [5.74, 6) is 0.506. The molecule has 0 aliphatic carbocycles. The number of nitrogens with one attached hydrogen (secondary N) is 2. The molecule has 0 radical (unpaired) electrons. The fourth-order valence-corrected chi connectivity index (χ4v) is 3.13. The summed E-state index contributed by atoms with van der Waals surface area (Å²) in [6, 6.07) is 12.0. The van der Waals surface area contributed by atoms with E-state index in [1.165, 1.54) is 5.56 Å². The van der Waals surface area contributed by atoms with Crippen molar-refractivity contribution in [2.45, 2.75) is 24.9 Å². The Morgan fingerprint density at radius 1 is 1.40 bits per heavy atom. The summed E-state index contributed by atoms with van der Waals surface area (Å²) in [4.78, 5) is 12.4. The molecule has 2 aromatic rings. The van der Waals surface area contributed by atoms with Gasteiger partial charge in [0.25, 0.3) is 5.91 Å². The van der Waals surface area contributed by atoms with Crippen LogP contribution in [0.15, 0.2) is 40.9 Å². The number of ether oxygens (including phenoxy) is 1. The highest BCUT2D eigenvalue weighted by Crippen LogP contribution is 2.31. The summed E-state index contributed by atoms with van der Waals surface area (Å²) in [5, 5.41) is 9.04. The second-order valence-corrected chi connectivity index (χ2v) is 7.03. The zero-order valence-corrected chi connectivity index (χ0v) is 14.2. The molecule has 2 saturated heterocycles. The minimum Gasteiger partial charge on any atom is -0.379 e. The van der Waals surface area contributed by atoms with Gasteiger partial charge in [0.2, 0.25) is 0 Å². The zero-order valence-electron chi connectivity index (χ0n) is 14.2. The molecule has 0 spiro atoms. The van der Waals surface area contributed by atoms with E-state index >= 15 is 0 Å². The molecule has 1 aromatic heterocycles. The first-order valence-corrected chi connectivity index (χ1v) is 8.51. The van der Waals surface area contributed by atoms with Gasteiger partial charge in [0, 0.05) is 25.7 Å². The van der Waals surface area contributed by atoms with E-state index in [-0.39, 0.29) is 17.4 Å². The Hall–Kier alpha value is -2.22. The van der Waals surface area contributed by atoms with Crippen LogP contribution in [0.1, 0.15) is 28.7 Å². The first-order chi connectivity index (χ1) is 12.1. The molecule has 0 saturated carbocycles. The van der Waals surface area contributed by atoms with Crippen molar-refractivity contribution in [3.63, 3.8) is 0 Å². The third-order valence-electron chi connectivity index (χ3n) is 4.73. The minimum atomic E-state index is -0.202. The highest BCUT2D eigenvalue weighted by Gasteiger charge is 2.39. The van der Waals surface area contributed by atoms with E-state index in [1.807, 2.05) is 25.1 Å². The number of aromatic nitrogens is 1. The Morgan fingerprint density at radius 2 is 2.20 bits per heavy atom. The lowest BCUT2D eigenvalue weighted by Crippen LogP contribution is -2.43. The standard InChI is InChI=1S/C18H22N4O3/c1-18(11-24-12-18)16-7-15(21-25-16)17(23)20-14-8-19-22(10-14)9-13-5-3-2-4-6-13/h2-7,14,19H,8-12H2,1H3,(H,20,23). The maximum atomic E-state index is 12.4. The molecule has 2 aliphatic heterocycles. The molecule has 1 amide bonds. The van der Waals surface area contributed by atoms with Crippen LogP contribution >= 0.6 is 0 Å². The van der Waals surface area contributed by atoms with Crippen LogP contribution in [0.2, 0.25) is 0 Å². The third kappa shape index (κ3) is 3.44. The Labute approximate surface area is 146 Å². The molecule has 7 heteroatoms. The summed E-state index contributed by atoms with van der Waals surface area (Å²) in [6.45, 7) is 5.50. The van der Waals surface area contributed by atoms with Crippen molar-refractivity contribution < 1.29 is 14.1 Å². The zero-order chi connectivity index (χ0) is 17.3. The number of hydrogen-bond donors (Lipinski definition) is 2. The molecule has 2 fully saturated rings. The lowest BCUT2D eigenvalue weighted by atomic mass is 9.86. The van der Waals surface area contributed by atoms with E-state index in [0.29, 0.717) is 31.2 Å². The van der Waals surface area contributed by atoms with Crippen LogP contribution in [0.3, 0.4) is 0 Å². The van der Waals surface area contributed by atoms with E-state index < -0.39 is 0 Å². The normalized spacial score (nSPS) is 22.5. The SMILES string of the molecule is CC1(c2cc(C(=O)NC3CNN(Cc4ccccc4)C3)no2)COC1. The van der Waals surface area contributed by atoms with E-state index in [0.717, 1.165) is 13.1 Å². The van der Waals surface area contributed by atoms with E-state index in [1.54, 1.807) is 6.07 Å². The third-order valence-corrected chi connectivity index (χ3v) is 4.73. The number of carbonyl (C=O) groups is 1. The largest absolute Gasteiger partial charge is 0.379 e. The average Bonchev–Trinajstić information content (AvgIpc) is 3.23. The Balaban J connectivity index is 1.31. The molecule has 2 N–H and O–H groups in total. The second-order valence-electron chi connectivity index (χ2n) is 7.03. The Morgan fingerprint density at radius 3 is 2.92 bits per heavy atom.